The van der Waals surface area contributed by atoms with Crippen molar-refractivity contribution in [3.05, 3.63) is 82.9 Å². The molecule has 182 valence electrons. The molecule has 1 aliphatic carbocycles. The van der Waals surface area contributed by atoms with Gasteiger partial charge in [0.15, 0.2) is 5.11 Å². The van der Waals surface area contributed by atoms with Crippen LogP contribution in [0.1, 0.15) is 77.2 Å². The molecule has 2 unspecified atom stereocenters. The molecule has 7 heteroatoms. The Morgan fingerprint density at radius 2 is 1.83 bits per heavy atom. The van der Waals surface area contributed by atoms with Gasteiger partial charge in [0.1, 0.15) is 0 Å². The highest BCUT2D eigenvalue weighted by atomic mass is 32.1. The van der Waals surface area contributed by atoms with Gasteiger partial charge in [0.05, 0.1) is 30.5 Å². The summed E-state index contributed by atoms with van der Waals surface area (Å²) in [5.41, 5.74) is 6.14. The molecule has 1 N–H and O–H groups in total. The number of esters is 1. The Hall–Kier alpha value is -3.19. The van der Waals surface area contributed by atoms with Gasteiger partial charge in [0.2, 0.25) is 0 Å². The number of ether oxygens (including phenoxy) is 1. The summed E-state index contributed by atoms with van der Waals surface area (Å²) in [5.74, 6) is -0.329. The monoisotopic (exact) mass is 488 g/mol. The van der Waals surface area contributed by atoms with Crippen LogP contribution >= 0.6 is 12.2 Å². The lowest BCUT2D eigenvalue weighted by atomic mass is 9.90. The topological polar surface area (TPSA) is 59.4 Å². The molecule has 35 heavy (non-hydrogen) atoms. The van der Waals surface area contributed by atoms with Crippen molar-refractivity contribution in [2.24, 2.45) is 0 Å². The van der Waals surface area contributed by atoms with Gasteiger partial charge in [-0.3, -0.25) is 4.98 Å². The third kappa shape index (κ3) is 4.33. The van der Waals surface area contributed by atoms with E-state index in [0.29, 0.717) is 11.6 Å². The van der Waals surface area contributed by atoms with Crippen LogP contribution in [0.3, 0.4) is 0 Å². The fourth-order valence-electron chi connectivity index (χ4n) is 5.80. The average Bonchev–Trinajstić information content (AvgIpc) is 3.39. The van der Waals surface area contributed by atoms with Crippen molar-refractivity contribution in [3.63, 3.8) is 0 Å². The van der Waals surface area contributed by atoms with Gasteiger partial charge in [-0.25, -0.2) is 4.79 Å². The van der Waals surface area contributed by atoms with Gasteiger partial charge in [0, 0.05) is 29.3 Å². The summed E-state index contributed by atoms with van der Waals surface area (Å²) >= 11 is 5.94. The van der Waals surface area contributed by atoms with Gasteiger partial charge in [0.25, 0.3) is 0 Å². The normalized spacial score (nSPS) is 20.7. The molecule has 5 rings (SSSR count). The average molecular weight is 489 g/mol. The Bertz CT molecular complexity index is 1220. The van der Waals surface area contributed by atoms with Crippen LogP contribution in [-0.2, 0) is 4.74 Å². The van der Waals surface area contributed by atoms with E-state index in [1.807, 2.05) is 42.6 Å². The molecule has 1 saturated heterocycles. The van der Waals surface area contributed by atoms with Gasteiger partial charge in [-0.1, -0.05) is 25.3 Å². The first kappa shape index (κ1) is 23.5. The minimum absolute atomic E-state index is 0.0127. The lowest BCUT2D eigenvalue weighted by molar-refractivity contribution is 0.0600. The fraction of sp³-hybridized carbons (Fsp3) is 0.393. The number of pyridine rings is 1. The summed E-state index contributed by atoms with van der Waals surface area (Å²) in [6.07, 6.45) is 7.98. The number of nitrogens with zero attached hydrogens (tertiary/aromatic N) is 3. The quantitative estimate of drug-likeness (QED) is 0.374. The van der Waals surface area contributed by atoms with E-state index >= 15 is 0 Å². The van der Waals surface area contributed by atoms with E-state index < -0.39 is 0 Å². The molecule has 1 aliphatic heterocycles. The summed E-state index contributed by atoms with van der Waals surface area (Å²) in [7, 11) is 1.40. The van der Waals surface area contributed by atoms with Gasteiger partial charge in [-0.15, -0.1) is 0 Å². The zero-order valence-corrected chi connectivity index (χ0v) is 21.3. The number of carbonyl (C=O) groups excluding carboxylic acids is 1. The zero-order chi connectivity index (χ0) is 24.5. The predicted octanol–water partition coefficient (Wildman–Crippen LogP) is 5.58. The largest absolute Gasteiger partial charge is 0.465 e. The van der Waals surface area contributed by atoms with E-state index in [9.17, 15) is 4.79 Å². The summed E-state index contributed by atoms with van der Waals surface area (Å²) in [6, 6.07) is 16.4. The SMILES string of the molecule is COC(=O)c1ccc(-n2c(C)cc(C3C(c4ccccn4)NC(=S)N3C3CCCCC3)c2C)cc1. The third-order valence-corrected chi connectivity index (χ3v) is 7.77. The van der Waals surface area contributed by atoms with Crippen LogP contribution in [0.15, 0.2) is 54.7 Å². The number of benzene rings is 1. The number of thiocarbonyl (C=S) groups is 1. The van der Waals surface area contributed by atoms with Crippen molar-refractivity contribution in [2.75, 3.05) is 7.11 Å². The van der Waals surface area contributed by atoms with Crippen molar-refractivity contribution >= 4 is 23.3 Å². The molecule has 0 radical (unpaired) electrons. The maximum Gasteiger partial charge on any atom is 0.337 e. The lowest BCUT2D eigenvalue weighted by Gasteiger charge is -2.37. The van der Waals surface area contributed by atoms with E-state index in [2.05, 4.69) is 40.8 Å². The number of methoxy groups -OCH3 is 1. The molecule has 3 aromatic rings. The standard InChI is InChI=1S/C28H32N4O2S/c1-18-17-23(19(2)31(18)22-14-12-20(13-15-22)27(33)34-3)26-25(24-11-7-8-16-29-24)30-28(35)32(26)21-9-5-4-6-10-21/h7-8,11-17,21,25-26H,4-6,9-10H2,1-3H3,(H,30,35). The van der Waals surface area contributed by atoms with E-state index in [1.54, 1.807) is 0 Å². The summed E-state index contributed by atoms with van der Waals surface area (Å²) in [4.78, 5) is 19.1. The van der Waals surface area contributed by atoms with Crippen LogP contribution < -0.4 is 5.32 Å². The Balaban J connectivity index is 1.58. The molecular weight excluding hydrogens is 456 g/mol. The first-order valence-electron chi connectivity index (χ1n) is 12.4. The maximum absolute atomic E-state index is 11.9. The second kappa shape index (κ2) is 9.82. The first-order valence-corrected chi connectivity index (χ1v) is 12.8. The second-order valence-corrected chi connectivity index (χ2v) is 9.91. The summed E-state index contributed by atoms with van der Waals surface area (Å²) in [5, 5.41) is 4.45. The summed E-state index contributed by atoms with van der Waals surface area (Å²) < 4.78 is 7.11. The zero-order valence-electron chi connectivity index (χ0n) is 20.5. The minimum Gasteiger partial charge on any atom is -0.465 e. The molecule has 1 saturated carbocycles. The summed E-state index contributed by atoms with van der Waals surface area (Å²) in [6.45, 7) is 4.30. The number of carbonyl (C=O) groups is 1. The number of aryl methyl sites for hydroxylation is 1. The third-order valence-electron chi connectivity index (χ3n) is 7.44. The van der Waals surface area contributed by atoms with Crippen molar-refractivity contribution < 1.29 is 9.53 Å². The highest BCUT2D eigenvalue weighted by Crippen LogP contribution is 2.44. The van der Waals surface area contributed by atoms with Gasteiger partial charge < -0.3 is 19.5 Å². The number of nitrogens with one attached hydrogen (secondary N) is 1. The van der Waals surface area contributed by atoms with Crippen molar-refractivity contribution in [1.29, 1.82) is 0 Å². The molecule has 0 bridgehead atoms. The van der Waals surface area contributed by atoms with Crippen LogP contribution in [0.2, 0.25) is 0 Å². The molecule has 2 atom stereocenters. The Labute approximate surface area is 212 Å². The molecule has 0 spiro atoms. The minimum atomic E-state index is -0.329. The van der Waals surface area contributed by atoms with Crippen LogP contribution in [0.5, 0.6) is 0 Å². The van der Waals surface area contributed by atoms with Crippen LogP contribution in [0, 0.1) is 13.8 Å². The van der Waals surface area contributed by atoms with E-state index in [-0.39, 0.29) is 18.1 Å². The van der Waals surface area contributed by atoms with Crippen LogP contribution in [-0.4, -0.2) is 38.7 Å². The van der Waals surface area contributed by atoms with Gasteiger partial charge in [-0.2, -0.15) is 0 Å². The molecule has 1 aromatic carbocycles. The Morgan fingerprint density at radius 3 is 2.49 bits per heavy atom. The number of hydrogen-bond acceptors (Lipinski definition) is 4. The van der Waals surface area contributed by atoms with Gasteiger partial charge >= 0.3 is 5.97 Å². The van der Waals surface area contributed by atoms with Gasteiger partial charge in [-0.05, 0) is 86.9 Å². The van der Waals surface area contributed by atoms with E-state index in [0.717, 1.165) is 22.2 Å². The molecule has 0 amide bonds. The van der Waals surface area contributed by atoms with E-state index in [4.69, 9.17) is 21.9 Å². The number of hydrogen-bond donors (Lipinski definition) is 1. The molecule has 2 fully saturated rings. The predicted molar refractivity (Wildman–Crippen MR) is 141 cm³/mol. The van der Waals surface area contributed by atoms with Crippen molar-refractivity contribution in [2.45, 2.75) is 64.1 Å². The second-order valence-electron chi connectivity index (χ2n) is 9.53. The maximum atomic E-state index is 11.9. The smallest absolute Gasteiger partial charge is 0.337 e. The fourth-order valence-corrected chi connectivity index (χ4v) is 6.19. The lowest BCUT2D eigenvalue weighted by Crippen LogP contribution is -2.40. The molecule has 3 heterocycles. The highest BCUT2D eigenvalue weighted by Gasteiger charge is 2.44. The Kier molecular flexibility index (Phi) is 6.60. The highest BCUT2D eigenvalue weighted by molar-refractivity contribution is 7.80. The molecule has 2 aromatic heterocycles. The van der Waals surface area contributed by atoms with Crippen LogP contribution in [0.4, 0.5) is 0 Å². The number of aromatic nitrogens is 2. The first-order chi connectivity index (χ1) is 17.0. The molecular formula is C28H32N4O2S. The Morgan fingerprint density at radius 1 is 1.09 bits per heavy atom. The molecule has 2 aliphatic rings. The molecule has 6 nitrogen and oxygen atoms in total. The van der Waals surface area contributed by atoms with Crippen molar-refractivity contribution in [3.8, 4) is 5.69 Å². The van der Waals surface area contributed by atoms with Crippen molar-refractivity contribution in [1.82, 2.24) is 19.8 Å². The van der Waals surface area contributed by atoms with Crippen LogP contribution in [0.25, 0.3) is 5.69 Å². The van der Waals surface area contributed by atoms with E-state index in [1.165, 1.54) is 50.5 Å². The number of rotatable bonds is 5.